The van der Waals surface area contributed by atoms with Gasteiger partial charge >= 0.3 is 5.97 Å². The van der Waals surface area contributed by atoms with Crippen molar-refractivity contribution in [1.29, 1.82) is 0 Å². The number of aliphatic carboxylic acids is 1. The highest BCUT2D eigenvalue weighted by atomic mass is 16.5. The first-order valence-corrected chi connectivity index (χ1v) is 6.55. The van der Waals surface area contributed by atoms with Crippen molar-refractivity contribution in [3.63, 3.8) is 0 Å². The summed E-state index contributed by atoms with van der Waals surface area (Å²) in [5, 5.41) is 11.7. The number of nitrogens with one attached hydrogen (secondary N) is 1. The molecule has 1 aliphatic rings. The number of hydrogen-bond acceptors (Lipinski definition) is 4. The van der Waals surface area contributed by atoms with Gasteiger partial charge in [0.1, 0.15) is 0 Å². The van der Waals surface area contributed by atoms with Gasteiger partial charge in [0.25, 0.3) is 0 Å². The average Bonchev–Trinajstić information content (AvgIpc) is 2.47. The molecule has 1 atom stereocenters. The molecule has 2 N–H and O–H groups in total. The molecule has 1 unspecified atom stereocenters. The van der Waals surface area contributed by atoms with Gasteiger partial charge in [0, 0.05) is 37.1 Å². The minimum Gasteiger partial charge on any atom is -0.481 e. The predicted molar refractivity (Wildman–Crippen MR) is 71.6 cm³/mol. The normalized spacial score (nSPS) is 22.1. The first kappa shape index (κ1) is 14.3. The molecular formula is C14H18N2O4. The summed E-state index contributed by atoms with van der Waals surface area (Å²) in [6.45, 7) is 0.452. The molecule has 1 aromatic rings. The topological polar surface area (TPSA) is 88.5 Å². The number of amides is 1. The highest BCUT2D eigenvalue weighted by molar-refractivity contribution is 5.77. The van der Waals surface area contributed by atoms with Gasteiger partial charge in [0.2, 0.25) is 11.8 Å². The molecule has 1 aromatic heterocycles. The van der Waals surface area contributed by atoms with Crippen LogP contribution in [-0.2, 0) is 15.0 Å². The summed E-state index contributed by atoms with van der Waals surface area (Å²) >= 11 is 0. The van der Waals surface area contributed by atoms with Crippen LogP contribution in [0.2, 0.25) is 0 Å². The number of methoxy groups -OCH3 is 1. The summed E-state index contributed by atoms with van der Waals surface area (Å²) in [6, 6.07) is 3.65. The van der Waals surface area contributed by atoms with Crippen molar-refractivity contribution in [1.82, 2.24) is 10.3 Å². The van der Waals surface area contributed by atoms with Gasteiger partial charge in [-0.3, -0.25) is 9.59 Å². The number of carbonyl (C=O) groups is 2. The van der Waals surface area contributed by atoms with E-state index in [1.165, 1.54) is 0 Å². The maximum absolute atomic E-state index is 11.4. The molecule has 1 saturated heterocycles. The summed E-state index contributed by atoms with van der Waals surface area (Å²) in [5.41, 5.74) is 0.588. The molecule has 0 saturated carbocycles. The van der Waals surface area contributed by atoms with Gasteiger partial charge in [-0.2, -0.15) is 0 Å². The highest BCUT2D eigenvalue weighted by Gasteiger charge is 2.36. The number of carbonyl (C=O) groups excluding carboxylic acids is 1. The SMILES string of the molecule is COc1ccc(C2(CCC(=O)O)CCC(=O)NC2)cn1. The Kier molecular flexibility index (Phi) is 4.22. The number of ether oxygens (including phenoxy) is 1. The van der Waals surface area contributed by atoms with E-state index in [-0.39, 0.29) is 17.7 Å². The molecule has 0 aliphatic carbocycles. The maximum Gasteiger partial charge on any atom is 0.303 e. The minimum atomic E-state index is -0.831. The second kappa shape index (κ2) is 5.90. The van der Waals surface area contributed by atoms with Crippen LogP contribution in [-0.4, -0.2) is 35.6 Å². The molecule has 0 radical (unpaired) electrons. The van der Waals surface area contributed by atoms with Crippen LogP contribution in [0.15, 0.2) is 18.3 Å². The Balaban J connectivity index is 2.24. The average molecular weight is 278 g/mol. The molecule has 1 amide bonds. The maximum atomic E-state index is 11.4. The number of rotatable bonds is 5. The number of carboxylic acid groups (broad SMARTS) is 1. The largest absolute Gasteiger partial charge is 0.481 e. The lowest BCUT2D eigenvalue weighted by atomic mass is 9.72. The quantitative estimate of drug-likeness (QED) is 0.842. The number of nitrogens with zero attached hydrogens (tertiary/aromatic N) is 1. The Bertz CT molecular complexity index is 488. The molecule has 1 aliphatic heterocycles. The highest BCUT2D eigenvalue weighted by Crippen LogP contribution is 2.36. The van der Waals surface area contributed by atoms with Crippen LogP contribution < -0.4 is 10.1 Å². The molecule has 108 valence electrons. The Morgan fingerprint density at radius 3 is 2.85 bits per heavy atom. The number of piperidine rings is 1. The lowest BCUT2D eigenvalue weighted by molar-refractivity contribution is -0.137. The first-order valence-electron chi connectivity index (χ1n) is 6.55. The van der Waals surface area contributed by atoms with E-state index in [0.717, 1.165) is 5.56 Å². The van der Waals surface area contributed by atoms with Gasteiger partial charge in [-0.05, 0) is 18.4 Å². The third kappa shape index (κ3) is 3.07. The van der Waals surface area contributed by atoms with Crippen LogP contribution in [0.1, 0.15) is 31.2 Å². The van der Waals surface area contributed by atoms with Crippen LogP contribution >= 0.6 is 0 Å². The van der Waals surface area contributed by atoms with Crippen molar-refractivity contribution in [2.75, 3.05) is 13.7 Å². The number of hydrogen-bond donors (Lipinski definition) is 2. The van der Waals surface area contributed by atoms with Gasteiger partial charge in [0.05, 0.1) is 7.11 Å². The molecule has 0 aromatic carbocycles. The molecule has 0 spiro atoms. The lowest BCUT2D eigenvalue weighted by Gasteiger charge is -2.37. The fraction of sp³-hybridized carbons (Fsp3) is 0.500. The molecule has 1 fully saturated rings. The van der Waals surface area contributed by atoms with Crippen molar-refractivity contribution < 1.29 is 19.4 Å². The third-order valence-electron chi connectivity index (χ3n) is 3.83. The van der Waals surface area contributed by atoms with E-state index in [4.69, 9.17) is 9.84 Å². The predicted octanol–water partition coefficient (Wildman–Crippen LogP) is 1.10. The summed E-state index contributed by atoms with van der Waals surface area (Å²) in [5.74, 6) is -0.304. The number of pyridine rings is 1. The van der Waals surface area contributed by atoms with E-state index in [1.807, 2.05) is 6.07 Å². The smallest absolute Gasteiger partial charge is 0.303 e. The Morgan fingerprint density at radius 2 is 2.35 bits per heavy atom. The van der Waals surface area contributed by atoms with Crippen molar-refractivity contribution >= 4 is 11.9 Å². The van der Waals surface area contributed by atoms with Crippen LogP contribution in [0.25, 0.3) is 0 Å². The fourth-order valence-corrected chi connectivity index (χ4v) is 2.56. The van der Waals surface area contributed by atoms with Crippen molar-refractivity contribution in [3.05, 3.63) is 23.9 Å². The number of carboxylic acids is 1. The van der Waals surface area contributed by atoms with Crippen LogP contribution in [0.5, 0.6) is 5.88 Å². The van der Waals surface area contributed by atoms with Crippen LogP contribution in [0.4, 0.5) is 0 Å². The standard InChI is InChI=1S/C14H18N2O4/c1-20-12-3-2-10(8-15-12)14(7-5-13(18)19)6-4-11(17)16-9-14/h2-3,8H,4-7,9H2,1H3,(H,16,17)(H,18,19). The van der Waals surface area contributed by atoms with E-state index >= 15 is 0 Å². The summed E-state index contributed by atoms with van der Waals surface area (Å²) in [7, 11) is 1.54. The van der Waals surface area contributed by atoms with Crippen molar-refractivity contribution in [2.45, 2.75) is 31.1 Å². The number of aromatic nitrogens is 1. The van der Waals surface area contributed by atoms with E-state index in [2.05, 4.69) is 10.3 Å². The summed E-state index contributed by atoms with van der Waals surface area (Å²) in [4.78, 5) is 26.4. The van der Waals surface area contributed by atoms with Crippen molar-refractivity contribution in [2.24, 2.45) is 0 Å². The lowest BCUT2D eigenvalue weighted by Crippen LogP contribution is -2.46. The van der Waals surface area contributed by atoms with Gasteiger partial charge in [0.15, 0.2) is 0 Å². The Labute approximate surface area is 117 Å². The van der Waals surface area contributed by atoms with Crippen molar-refractivity contribution in [3.8, 4) is 5.88 Å². The summed E-state index contributed by atoms with van der Waals surface area (Å²) < 4.78 is 5.03. The molecule has 0 bridgehead atoms. The monoisotopic (exact) mass is 278 g/mol. The zero-order valence-corrected chi connectivity index (χ0v) is 11.4. The second-order valence-electron chi connectivity index (χ2n) is 5.04. The zero-order valence-electron chi connectivity index (χ0n) is 11.4. The van der Waals surface area contributed by atoms with E-state index in [1.54, 1.807) is 19.4 Å². The van der Waals surface area contributed by atoms with Gasteiger partial charge in [-0.25, -0.2) is 4.98 Å². The van der Waals surface area contributed by atoms with Crippen LogP contribution in [0, 0.1) is 0 Å². The zero-order chi connectivity index (χ0) is 14.6. The van der Waals surface area contributed by atoms with E-state index in [9.17, 15) is 9.59 Å². The van der Waals surface area contributed by atoms with Gasteiger partial charge < -0.3 is 15.2 Å². The second-order valence-corrected chi connectivity index (χ2v) is 5.04. The van der Waals surface area contributed by atoms with E-state index < -0.39 is 5.97 Å². The molecule has 2 heterocycles. The summed E-state index contributed by atoms with van der Waals surface area (Å²) in [6.07, 6.45) is 3.31. The molecule has 6 heteroatoms. The molecule has 6 nitrogen and oxygen atoms in total. The minimum absolute atomic E-state index is 0.0115. The first-order chi connectivity index (χ1) is 9.55. The Hall–Kier alpha value is -2.11. The Morgan fingerprint density at radius 1 is 1.55 bits per heavy atom. The molecule has 2 rings (SSSR count). The molecule has 20 heavy (non-hydrogen) atoms. The van der Waals surface area contributed by atoms with E-state index in [0.29, 0.717) is 31.7 Å². The third-order valence-corrected chi connectivity index (χ3v) is 3.83. The van der Waals surface area contributed by atoms with Crippen LogP contribution in [0.3, 0.4) is 0 Å². The molecular weight excluding hydrogens is 260 g/mol. The fourth-order valence-electron chi connectivity index (χ4n) is 2.56. The van der Waals surface area contributed by atoms with Gasteiger partial charge in [-0.15, -0.1) is 0 Å². The van der Waals surface area contributed by atoms with Gasteiger partial charge in [-0.1, -0.05) is 6.07 Å².